The number of imidazole rings is 1. The van der Waals surface area contributed by atoms with Crippen molar-refractivity contribution in [3.05, 3.63) is 41.7 Å². The van der Waals surface area contributed by atoms with Gasteiger partial charge >= 0.3 is 0 Å². The third kappa shape index (κ3) is 2.73. The van der Waals surface area contributed by atoms with Crippen LogP contribution in [0.25, 0.3) is 0 Å². The number of carbonyl (C=O) groups excluding carboxylic acids is 2. The van der Waals surface area contributed by atoms with E-state index < -0.39 is 11.7 Å². The second-order valence-corrected chi connectivity index (χ2v) is 4.48. The van der Waals surface area contributed by atoms with E-state index in [1.165, 1.54) is 0 Å². The Hall–Kier alpha value is -2.37. The largest absolute Gasteiger partial charge is 0.348 e. The first-order valence-electron chi connectivity index (χ1n) is 5.97. The van der Waals surface area contributed by atoms with E-state index in [-0.39, 0.29) is 6.04 Å². The molecule has 2 aromatic rings. The van der Waals surface area contributed by atoms with Crippen LogP contribution in [0, 0.1) is 6.92 Å². The number of aryl methyl sites for hydroxylation is 2. The summed E-state index contributed by atoms with van der Waals surface area (Å²) < 4.78 is 1.61. The van der Waals surface area contributed by atoms with E-state index in [0.29, 0.717) is 11.5 Å². The monoisotopic (exact) mass is 260 g/mol. The van der Waals surface area contributed by atoms with Gasteiger partial charge in [0.15, 0.2) is 0 Å². The maximum absolute atomic E-state index is 11.9. The lowest BCUT2D eigenvalue weighted by molar-refractivity contribution is -0.117. The van der Waals surface area contributed by atoms with Crippen molar-refractivity contribution in [3.8, 4) is 0 Å². The van der Waals surface area contributed by atoms with Crippen molar-refractivity contribution in [2.24, 2.45) is 7.05 Å². The van der Waals surface area contributed by atoms with Crippen LogP contribution >= 0.6 is 0 Å². The number of aromatic amines is 1. The highest BCUT2D eigenvalue weighted by Crippen LogP contribution is 2.08. The Bertz CT molecular complexity index is 612. The van der Waals surface area contributed by atoms with Crippen LogP contribution < -0.4 is 5.32 Å². The zero-order valence-corrected chi connectivity index (χ0v) is 11.1. The lowest BCUT2D eigenvalue weighted by atomic mass is 10.2. The normalized spacial score (nSPS) is 12.2. The molecule has 2 heterocycles. The number of ketones is 1. The molecule has 0 aliphatic rings. The topological polar surface area (TPSA) is 79.8 Å². The Kier molecular flexibility index (Phi) is 3.50. The molecule has 0 saturated carbocycles. The first-order valence-corrected chi connectivity index (χ1v) is 5.97. The molecule has 100 valence electrons. The first-order chi connectivity index (χ1) is 8.99. The van der Waals surface area contributed by atoms with E-state index in [9.17, 15) is 9.59 Å². The fraction of sp³-hybridized carbons (Fsp3) is 0.308. The zero-order chi connectivity index (χ0) is 14.0. The summed E-state index contributed by atoms with van der Waals surface area (Å²) in [7, 11) is 1.72. The van der Waals surface area contributed by atoms with Gasteiger partial charge in [0.1, 0.15) is 5.82 Å². The Morgan fingerprint density at radius 2 is 2.21 bits per heavy atom. The van der Waals surface area contributed by atoms with Crippen molar-refractivity contribution in [3.63, 3.8) is 0 Å². The van der Waals surface area contributed by atoms with Gasteiger partial charge in [0.25, 0.3) is 11.7 Å². The number of hydrogen-bond acceptors (Lipinski definition) is 3. The van der Waals surface area contributed by atoms with Crippen LogP contribution in [0.2, 0.25) is 0 Å². The highest BCUT2D eigenvalue weighted by Gasteiger charge is 2.21. The summed E-state index contributed by atoms with van der Waals surface area (Å²) in [5.41, 5.74) is 1.27. The quantitative estimate of drug-likeness (QED) is 0.638. The molecule has 0 radical (unpaired) electrons. The maximum atomic E-state index is 11.9. The second kappa shape index (κ2) is 5.09. The lowest BCUT2D eigenvalue weighted by Crippen LogP contribution is -2.34. The van der Waals surface area contributed by atoms with Gasteiger partial charge in [-0.05, 0) is 26.0 Å². The fourth-order valence-electron chi connectivity index (χ4n) is 1.80. The van der Waals surface area contributed by atoms with Gasteiger partial charge in [0.05, 0.1) is 11.7 Å². The predicted molar refractivity (Wildman–Crippen MR) is 69.6 cm³/mol. The molecule has 2 rings (SSSR count). The third-order valence-corrected chi connectivity index (χ3v) is 2.86. The molecule has 0 bridgehead atoms. The average molecular weight is 260 g/mol. The molecule has 6 nitrogen and oxygen atoms in total. The summed E-state index contributed by atoms with van der Waals surface area (Å²) in [4.78, 5) is 30.9. The molecule has 6 heteroatoms. The minimum Gasteiger partial charge on any atom is -0.348 e. The molecule has 1 atom stereocenters. The van der Waals surface area contributed by atoms with E-state index in [2.05, 4.69) is 15.3 Å². The SMILES string of the molecule is Cc1cnc([C@@H](C)NC(=O)C(=O)c2cccn2C)[nH]1. The van der Waals surface area contributed by atoms with E-state index in [1.54, 1.807) is 43.1 Å². The maximum Gasteiger partial charge on any atom is 0.294 e. The van der Waals surface area contributed by atoms with Crippen LogP contribution in [0.15, 0.2) is 24.5 Å². The molecule has 0 fully saturated rings. The number of carbonyl (C=O) groups is 2. The predicted octanol–water partition coefficient (Wildman–Crippen LogP) is 1.12. The molecular weight excluding hydrogens is 244 g/mol. The first kappa shape index (κ1) is 13.1. The summed E-state index contributed by atoms with van der Waals surface area (Å²) in [6, 6.07) is 2.99. The lowest BCUT2D eigenvalue weighted by Gasteiger charge is -2.11. The zero-order valence-electron chi connectivity index (χ0n) is 11.1. The van der Waals surface area contributed by atoms with Crippen LogP contribution in [-0.2, 0) is 11.8 Å². The molecule has 0 saturated heterocycles. The minimum absolute atomic E-state index is 0.342. The molecule has 1 amide bonds. The number of hydrogen-bond donors (Lipinski definition) is 2. The number of amides is 1. The minimum atomic E-state index is -0.636. The van der Waals surface area contributed by atoms with E-state index in [1.807, 2.05) is 6.92 Å². The van der Waals surface area contributed by atoms with Gasteiger partial charge in [0.2, 0.25) is 0 Å². The number of Topliss-reactive ketones (excluding diaryl/α,β-unsaturated/α-hetero) is 1. The molecule has 0 aromatic carbocycles. The summed E-state index contributed by atoms with van der Waals surface area (Å²) in [5.74, 6) is -0.559. The number of nitrogens with zero attached hydrogens (tertiary/aromatic N) is 2. The van der Waals surface area contributed by atoms with Crippen LogP contribution in [-0.4, -0.2) is 26.2 Å². The number of H-pyrrole nitrogens is 1. The number of rotatable bonds is 4. The molecule has 0 aliphatic heterocycles. The third-order valence-electron chi connectivity index (χ3n) is 2.86. The Balaban J connectivity index is 2.05. The number of aromatic nitrogens is 3. The molecular formula is C13H16N4O2. The van der Waals surface area contributed by atoms with Crippen molar-refractivity contribution in [1.82, 2.24) is 19.9 Å². The van der Waals surface area contributed by atoms with Gasteiger partial charge in [-0.1, -0.05) is 0 Å². The van der Waals surface area contributed by atoms with E-state index in [4.69, 9.17) is 0 Å². The summed E-state index contributed by atoms with van der Waals surface area (Å²) in [6.07, 6.45) is 3.40. The molecule has 0 unspecified atom stereocenters. The second-order valence-electron chi connectivity index (χ2n) is 4.48. The highest BCUT2D eigenvalue weighted by atomic mass is 16.2. The summed E-state index contributed by atoms with van der Waals surface area (Å²) >= 11 is 0. The number of nitrogens with one attached hydrogen (secondary N) is 2. The summed E-state index contributed by atoms with van der Waals surface area (Å²) in [6.45, 7) is 3.65. The fourth-order valence-corrected chi connectivity index (χ4v) is 1.80. The Morgan fingerprint density at radius 3 is 2.74 bits per heavy atom. The molecule has 0 spiro atoms. The van der Waals surface area contributed by atoms with Crippen molar-refractivity contribution in [2.45, 2.75) is 19.9 Å². The average Bonchev–Trinajstić information content (AvgIpc) is 2.97. The van der Waals surface area contributed by atoms with Gasteiger partial charge in [-0.25, -0.2) is 4.98 Å². The van der Waals surface area contributed by atoms with E-state index >= 15 is 0 Å². The van der Waals surface area contributed by atoms with Crippen LogP contribution in [0.1, 0.15) is 35.0 Å². The Morgan fingerprint density at radius 1 is 1.47 bits per heavy atom. The molecule has 2 N–H and O–H groups in total. The smallest absolute Gasteiger partial charge is 0.294 e. The van der Waals surface area contributed by atoms with Crippen LogP contribution in [0.3, 0.4) is 0 Å². The Labute approximate surface area is 110 Å². The van der Waals surface area contributed by atoms with Gasteiger partial charge in [-0.3, -0.25) is 9.59 Å². The van der Waals surface area contributed by atoms with Crippen molar-refractivity contribution in [1.29, 1.82) is 0 Å². The van der Waals surface area contributed by atoms with Gasteiger partial charge in [0, 0.05) is 25.1 Å². The highest BCUT2D eigenvalue weighted by molar-refractivity contribution is 6.42. The van der Waals surface area contributed by atoms with Crippen molar-refractivity contribution < 1.29 is 9.59 Å². The molecule has 0 aliphatic carbocycles. The van der Waals surface area contributed by atoms with Gasteiger partial charge < -0.3 is 14.9 Å². The standard InChI is InChI=1S/C13H16N4O2/c1-8-7-14-12(15-8)9(2)16-13(19)11(18)10-5-4-6-17(10)3/h4-7,9H,1-3H3,(H,14,15)(H,16,19)/t9-/m1/s1. The van der Waals surface area contributed by atoms with Gasteiger partial charge in [-0.15, -0.1) is 0 Å². The van der Waals surface area contributed by atoms with Crippen molar-refractivity contribution in [2.75, 3.05) is 0 Å². The molecule has 19 heavy (non-hydrogen) atoms. The van der Waals surface area contributed by atoms with Crippen LogP contribution in [0.5, 0.6) is 0 Å². The van der Waals surface area contributed by atoms with Crippen LogP contribution in [0.4, 0.5) is 0 Å². The summed E-state index contributed by atoms with van der Waals surface area (Å²) in [5, 5.41) is 2.63. The molecule has 2 aromatic heterocycles. The van der Waals surface area contributed by atoms with Crippen molar-refractivity contribution >= 4 is 11.7 Å². The van der Waals surface area contributed by atoms with E-state index in [0.717, 1.165) is 5.69 Å². The van der Waals surface area contributed by atoms with Gasteiger partial charge in [-0.2, -0.15) is 0 Å².